The molecule has 0 spiro atoms. The van der Waals surface area contributed by atoms with Crippen LogP contribution >= 0.6 is 7.82 Å². The molecule has 0 aliphatic carbocycles. The van der Waals surface area contributed by atoms with Crippen LogP contribution in [0, 0.1) is 0 Å². The van der Waals surface area contributed by atoms with Crippen LogP contribution in [0.5, 0.6) is 0 Å². The SMILES string of the molecule is CC/C=C\C/C=C\C/C=C\C/C=C\C/C=C\C/C=C\CCCCC(=O)NC(COP(=O)(O)OCC[N+](C)(C)C)C(O)CCCCCCCCCCCCCCC. The summed E-state index contributed by atoms with van der Waals surface area (Å²) in [5.41, 5.74) is 0. The van der Waals surface area contributed by atoms with E-state index in [0.717, 1.165) is 70.6 Å². The van der Waals surface area contributed by atoms with Crippen molar-refractivity contribution in [3.63, 3.8) is 0 Å². The lowest BCUT2D eigenvalue weighted by Crippen LogP contribution is -2.46. The van der Waals surface area contributed by atoms with Crippen molar-refractivity contribution in [3.8, 4) is 0 Å². The maximum absolute atomic E-state index is 12.9. The van der Waals surface area contributed by atoms with Crippen molar-refractivity contribution in [2.24, 2.45) is 0 Å². The lowest BCUT2D eigenvalue weighted by Gasteiger charge is -2.26. The van der Waals surface area contributed by atoms with E-state index < -0.39 is 20.0 Å². The number of hydrogen-bond acceptors (Lipinski definition) is 5. The molecule has 0 saturated heterocycles. The summed E-state index contributed by atoms with van der Waals surface area (Å²) in [4.78, 5) is 23.1. The Labute approximate surface area is 344 Å². The van der Waals surface area contributed by atoms with Gasteiger partial charge in [0.2, 0.25) is 5.91 Å². The van der Waals surface area contributed by atoms with Gasteiger partial charge in [0.05, 0.1) is 39.9 Å². The molecule has 0 aromatic rings. The number of carbonyl (C=O) groups excluding carboxylic acids is 1. The molecule has 0 saturated carbocycles. The molecule has 0 aliphatic rings. The number of nitrogens with one attached hydrogen (secondary N) is 1. The van der Waals surface area contributed by atoms with Crippen LogP contribution < -0.4 is 5.32 Å². The molecule has 0 aliphatic heterocycles. The maximum atomic E-state index is 12.9. The van der Waals surface area contributed by atoms with Crippen LogP contribution in [-0.4, -0.2) is 73.4 Å². The predicted molar refractivity (Wildman–Crippen MR) is 240 cm³/mol. The summed E-state index contributed by atoms with van der Waals surface area (Å²) < 4.78 is 23.6. The molecule has 8 nitrogen and oxygen atoms in total. The van der Waals surface area contributed by atoms with Crippen LogP contribution in [-0.2, 0) is 18.4 Å². The monoisotopic (exact) mass is 806 g/mol. The molecule has 0 radical (unpaired) electrons. The number of nitrogens with zero attached hydrogens (tertiary/aromatic N) is 1. The van der Waals surface area contributed by atoms with Gasteiger partial charge >= 0.3 is 7.82 Å². The first kappa shape index (κ1) is 53.9. The maximum Gasteiger partial charge on any atom is 0.472 e. The second kappa shape index (κ2) is 38.5. The third-order valence-corrected chi connectivity index (χ3v) is 10.5. The van der Waals surface area contributed by atoms with E-state index in [1.807, 2.05) is 21.1 Å². The number of likely N-dealkylation sites (N-methyl/N-ethyl adjacent to an activating group) is 1. The first-order valence-corrected chi connectivity index (χ1v) is 23.8. The molecule has 56 heavy (non-hydrogen) atoms. The molecule has 1 amide bonds. The Balaban J connectivity index is 4.46. The molecular weight excluding hydrogens is 719 g/mol. The van der Waals surface area contributed by atoms with E-state index in [4.69, 9.17) is 9.05 Å². The number of unbranched alkanes of at least 4 members (excludes halogenated alkanes) is 14. The van der Waals surface area contributed by atoms with Crippen molar-refractivity contribution in [2.75, 3.05) is 40.9 Å². The van der Waals surface area contributed by atoms with Gasteiger partial charge in [-0.15, -0.1) is 0 Å². The number of aliphatic hydroxyl groups excluding tert-OH is 1. The zero-order chi connectivity index (χ0) is 41.4. The topological polar surface area (TPSA) is 105 Å². The van der Waals surface area contributed by atoms with Gasteiger partial charge in [-0.2, -0.15) is 0 Å². The van der Waals surface area contributed by atoms with E-state index >= 15 is 0 Å². The van der Waals surface area contributed by atoms with E-state index in [1.54, 1.807) is 0 Å². The zero-order valence-electron chi connectivity index (χ0n) is 36.6. The van der Waals surface area contributed by atoms with Crippen molar-refractivity contribution in [1.29, 1.82) is 0 Å². The highest BCUT2D eigenvalue weighted by Gasteiger charge is 2.28. The van der Waals surface area contributed by atoms with Crippen molar-refractivity contribution in [1.82, 2.24) is 5.32 Å². The largest absolute Gasteiger partial charge is 0.472 e. The summed E-state index contributed by atoms with van der Waals surface area (Å²) in [5, 5.41) is 13.9. The third kappa shape index (κ3) is 40.1. The van der Waals surface area contributed by atoms with E-state index in [9.17, 15) is 19.4 Å². The Morgan fingerprint density at radius 1 is 0.625 bits per heavy atom. The quantitative estimate of drug-likeness (QED) is 0.0247. The van der Waals surface area contributed by atoms with E-state index in [1.165, 1.54) is 64.2 Å². The summed E-state index contributed by atoms with van der Waals surface area (Å²) in [6.07, 6.45) is 50.7. The van der Waals surface area contributed by atoms with E-state index in [2.05, 4.69) is 92.1 Å². The second-order valence-electron chi connectivity index (χ2n) is 16.0. The van der Waals surface area contributed by atoms with Gasteiger partial charge in [-0.1, -0.05) is 170 Å². The van der Waals surface area contributed by atoms with Gasteiger partial charge in [0, 0.05) is 6.42 Å². The molecule has 0 fully saturated rings. The number of amides is 1. The van der Waals surface area contributed by atoms with Gasteiger partial charge in [-0.25, -0.2) is 4.57 Å². The van der Waals surface area contributed by atoms with Gasteiger partial charge in [0.15, 0.2) is 0 Å². The van der Waals surface area contributed by atoms with Crippen LogP contribution in [0.1, 0.15) is 168 Å². The fourth-order valence-electron chi connectivity index (χ4n) is 5.93. The van der Waals surface area contributed by atoms with Gasteiger partial charge in [0.1, 0.15) is 13.2 Å². The highest BCUT2D eigenvalue weighted by molar-refractivity contribution is 7.47. The second-order valence-corrected chi connectivity index (χ2v) is 17.5. The summed E-state index contributed by atoms with van der Waals surface area (Å²) in [5.74, 6) is -0.190. The predicted octanol–water partition coefficient (Wildman–Crippen LogP) is 12.4. The first-order chi connectivity index (χ1) is 27.0. The number of carbonyl (C=O) groups is 1. The van der Waals surface area contributed by atoms with E-state index in [-0.39, 0.29) is 19.1 Å². The van der Waals surface area contributed by atoms with Crippen LogP contribution in [0.2, 0.25) is 0 Å². The average molecular weight is 806 g/mol. The minimum atomic E-state index is -4.33. The smallest absolute Gasteiger partial charge is 0.391 e. The number of quaternary nitrogens is 1. The Morgan fingerprint density at radius 2 is 1.07 bits per heavy atom. The van der Waals surface area contributed by atoms with Crippen molar-refractivity contribution in [2.45, 2.75) is 180 Å². The molecule has 3 unspecified atom stereocenters. The fourth-order valence-corrected chi connectivity index (χ4v) is 6.67. The minimum absolute atomic E-state index is 0.0621. The summed E-state index contributed by atoms with van der Waals surface area (Å²) in [7, 11) is 1.57. The van der Waals surface area contributed by atoms with Crippen LogP contribution in [0.15, 0.2) is 72.9 Å². The van der Waals surface area contributed by atoms with E-state index in [0.29, 0.717) is 30.3 Å². The minimum Gasteiger partial charge on any atom is -0.391 e. The molecule has 3 atom stereocenters. The standard InChI is InChI=1S/C47H85N2O6P/c1-6-8-10-12-14-16-18-20-21-22-23-24-25-26-27-29-31-33-35-37-39-41-47(51)48-45(44-55-56(52,53)54-43-42-49(3,4)5)46(50)40-38-36-34-32-30-28-19-17-15-13-11-9-7-2/h8,10,14,16,20-21,23-24,26-27,31,33,45-46,50H,6-7,9,11-13,15,17-19,22,25,28-30,32,34-44H2,1-5H3,(H-,48,51,52,53)/p+1/b10-8-,16-14-,21-20-,24-23-,27-26-,33-31-. The summed E-state index contributed by atoms with van der Waals surface area (Å²) in [6.45, 7) is 4.71. The number of rotatable bonds is 39. The Hall–Kier alpha value is -2.06. The summed E-state index contributed by atoms with van der Waals surface area (Å²) in [6, 6.07) is -0.786. The highest BCUT2D eigenvalue weighted by atomic mass is 31.2. The molecule has 0 heterocycles. The molecule has 3 N–H and O–H groups in total. The zero-order valence-corrected chi connectivity index (χ0v) is 37.5. The normalized spacial score (nSPS) is 15.1. The Kier molecular flexibility index (Phi) is 37.0. The van der Waals surface area contributed by atoms with Gasteiger partial charge < -0.3 is 19.8 Å². The number of aliphatic hydroxyl groups is 1. The molecule has 0 rings (SSSR count). The Bertz CT molecular complexity index is 1140. The molecule has 0 aromatic heterocycles. The van der Waals surface area contributed by atoms with Crippen molar-refractivity contribution >= 4 is 13.7 Å². The molecule has 324 valence electrons. The average Bonchev–Trinajstić information content (AvgIpc) is 3.15. The molecule has 0 aromatic carbocycles. The third-order valence-electron chi connectivity index (χ3n) is 9.47. The van der Waals surface area contributed by atoms with Crippen molar-refractivity contribution in [3.05, 3.63) is 72.9 Å². The van der Waals surface area contributed by atoms with Crippen LogP contribution in [0.25, 0.3) is 0 Å². The number of phosphoric acid groups is 1. The lowest BCUT2D eigenvalue weighted by molar-refractivity contribution is -0.870. The molecule has 0 bridgehead atoms. The molecule has 9 heteroatoms. The number of phosphoric ester groups is 1. The van der Waals surface area contributed by atoms with Gasteiger partial charge in [0.25, 0.3) is 0 Å². The van der Waals surface area contributed by atoms with Crippen molar-refractivity contribution < 1.29 is 32.9 Å². The van der Waals surface area contributed by atoms with Gasteiger partial charge in [-0.3, -0.25) is 13.8 Å². The Morgan fingerprint density at radius 3 is 1.54 bits per heavy atom. The highest BCUT2D eigenvalue weighted by Crippen LogP contribution is 2.43. The van der Waals surface area contributed by atoms with Crippen LogP contribution in [0.3, 0.4) is 0 Å². The first-order valence-electron chi connectivity index (χ1n) is 22.3. The molecular formula is C47H86N2O6P+. The number of hydrogen-bond donors (Lipinski definition) is 3. The van der Waals surface area contributed by atoms with Gasteiger partial charge in [-0.05, 0) is 64.2 Å². The summed E-state index contributed by atoms with van der Waals surface area (Å²) >= 11 is 0. The fraction of sp³-hybridized carbons (Fsp3) is 0.723. The van der Waals surface area contributed by atoms with Crippen LogP contribution in [0.4, 0.5) is 0 Å². The number of allylic oxidation sites excluding steroid dienone is 12. The lowest BCUT2D eigenvalue weighted by atomic mass is 10.0.